The molecule has 0 spiro atoms. The second kappa shape index (κ2) is 6.90. The van der Waals surface area contributed by atoms with Crippen LogP contribution in [0.3, 0.4) is 0 Å². The summed E-state index contributed by atoms with van der Waals surface area (Å²) in [5.74, 6) is 2.42. The fourth-order valence-electron chi connectivity index (χ4n) is 2.59. The third-order valence-electron chi connectivity index (χ3n) is 3.93. The van der Waals surface area contributed by atoms with Crippen molar-refractivity contribution in [1.29, 1.82) is 0 Å². The highest BCUT2D eigenvalue weighted by Gasteiger charge is 2.20. The molecule has 0 fully saturated rings. The SMILES string of the molecule is COc1ccc(C2=Nn3c(Cc4ccc(Cl)cc4)nnc3SC2)cc1. The molecule has 4 rings (SSSR count). The van der Waals surface area contributed by atoms with Crippen LogP contribution < -0.4 is 4.74 Å². The van der Waals surface area contributed by atoms with Gasteiger partial charge in [0.15, 0.2) is 5.82 Å². The molecule has 25 heavy (non-hydrogen) atoms. The number of hydrogen-bond acceptors (Lipinski definition) is 5. The van der Waals surface area contributed by atoms with Gasteiger partial charge in [0, 0.05) is 17.2 Å². The van der Waals surface area contributed by atoms with Crippen LogP contribution in [-0.2, 0) is 6.42 Å². The Hall–Kier alpha value is -2.31. The number of fused-ring (bicyclic) bond motifs is 1. The van der Waals surface area contributed by atoms with Gasteiger partial charge in [0.2, 0.25) is 5.16 Å². The van der Waals surface area contributed by atoms with Crippen LogP contribution >= 0.6 is 23.4 Å². The average molecular weight is 371 g/mol. The van der Waals surface area contributed by atoms with Gasteiger partial charge in [-0.2, -0.15) is 9.78 Å². The average Bonchev–Trinajstić information content (AvgIpc) is 3.06. The highest BCUT2D eigenvalue weighted by Crippen LogP contribution is 2.25. The number of benzene rings is 2. The van der Waals surface area contributed by atoms with E-state index in [-0.39, 0.29) is 0 Å². The lowest BCUT2D eigenvalue weighted by Gasteiger charge is -2.14. The zero-order chi connectivity index (χ0) is 17.2. The van der Waals surface area contributed by atoms with Gasteiger partial charge < -0.3 is 4.74 Å². The second-order valence-corrected chi connectivity index (χ2v) is 6.96. The van der Waals surface area contributed by atoms with Crippen molar-refractivity contribution >= 4 is 29.1 Å². The molecule has 0 radical (unpaired) electrons. The molecular formula is C18H15ClN4OS. The van der Waals surface area contributed by atoms with E-state index >= 15 is 0 Å². The van der Waals surface area contributed by atoms with Crippen molar-refractivity contribution in [3.8, 4) is 5.75 Å². The fraction of sp³-hybridized carbons (Fsp3) is 0.167. The topological polar surface area (TPSA) is 52.3 Å². The summed E-state index contributed by atoms with van der Waals surface area (Å²) >= 11 is 7.59. The quantitative estimate of drug-likeness (QED) is 0.699. The van der Waals surface area contributed by atoms with Gasteiger partial charge in [-0.15, -0.1) is 10.2 Å². The molecule has 0 unspecified atom stereocenters. The molecule has 0 saturated heterocycles. The fourth-order valence-corrected chi connectivity index (χ4v) is 3.57. The Balaban J connectivity index is 1.63. The summed E-state index contributed by atoms with van der Waals surface area (Å²) in [7, 11) is 1.66. The van der Waals surface area contributed by atoms with Crippen LogP contribution in [0.5, 0.6) is 5.75 Å². The summed E-state index contributed by atoms with van der Waals surface area (Å²) in [6, 6.07) is 15.7. The summed E-state index contributed by atoms with van der Waals surface area (Å²) < 4.78 is 7.05. The van der Waals surface area contributed by atoms with Crippen molar-refractivity contribution in [3.05, 3.63) is 70.5 Å². The molecule has 0 bridgehead atoms. The lowest BCUT2D eigenvalue weighted by Crippen LogP contribution is -2.14. The first-order chi connectivity index (χ1) is 12.2. The molecule has 5 nitrogen and oxygen atoms in total. The summed E-state index contributed by atoms with van der Waals surface area (Å²) in [5.41, 5.74) is 3.19. The number of nitrogens with zero attached hydrogens (tertiary/aromatic N) is 4. The molecule has 1 aromatic heterocycles. The van der Waals surface area contributed by atoms with Gasteiger partial charge in [-0.25, -0.2) is 0 Å². The number of halogens is 1. The summed E-state index contributed by atoms with van der Waals surface area (Å²) in [4.78, 5) is 0. The maximum Gasteiger partial charge on any atom is 0.212 e. The highest BCUT2D eigenvalue weighted by atomic mass is 35.5. The summed E-state index contributed by atoms with van der Waals surface area (Å²) in [6.45, 7) is 0. The predicted octanol–water partition coefficient (Wildman–Crippen LogP) is 3.89. The Morgan fingerprint density at radius 3 is 2.56 bits per heavy atom. The van der Waals surface area contributed by atoms with E-state index < -0.39 is 0 Å². The Bertz CT molecular complexity index is 919. The molecule has 126 valence electrons. The van der Waals surface area contributed by atoms with Crippen molar-refractivity contribution in [3.63, 3.8) is 0 Å². The maximum atomic E-state index is 5.95. The smallest absolute Gasteiger partial charge is 0.212 e. The van der Waals surface area contributed by atoms with Crippen LogP contribution in [0.25, 0.3) is 0 Å². The summed E-state index contributed by atoms with van der Waals surface area (Å²) in [6.07, 6.45) is 0.657. The van der Waals surface area contributed by atoms with E-state index in [1.54, 1.807) is 18.9 Å². The van der Waals surface area contributed by atoms with E-state index in [0.717, 1.165) is 44.3 Å². The molecular weight excluding hydrogens is 356 g/mol. The van der Waals surface area contributed by atoms with E-state index in [4.69, 9.17) is 21.4 Å². The Morgan fingerprint density at radius 1 is 1.08 bits per heavy atom. The van der Waals surface area contributed by atoms with Gasteiger partial charge in [0.1, 0.15) is 5.75 Å². The van der Waals surface area contributed by atoms with Gasteiger partial charge in [0.25, 0.3) is 0 Å². The molecule has 0 amide bonds. The number of methoxy groups -OCH3 is 1. The number of aromatic nitrogens is 3. The molecule has 1 aliphatic rings. The minimum atomic E-state index is 0.657. The highest BCUT2D eigenvalue weighted by molar-refractivity contribution is 7.99. The normalized spacial score (nSPS) is 13.3. The second-order valence-electron chi connectivity index (χ2n) is 5.58. The molecule has 3 aromatic rings. The van der Waals surface area contributed by atoms with Crippen LogP contribution in [0.15, 0.2) is 58.8 Å². The van der Waals surface area contributed by atoms with Crippen LogP contribution in [0, 0.1) is 0 Å². The van der Waals surface area contributed by atoms with Crippen molar-refractivity contribution in [2.24, 2.45) is 5.10 Å². The van der Waals surface area contributed by atoms with Crippen LogP contribution in [0.2, 0.25) is 5.02 Å². The minimum absolute atomic E-state index is 0.657. The van der Waals surface area contributed by atoms with E-state index in [0.29, 0.717) is 6.42 Å². The third kappa shape index (κ3) is 3.41. The van der Waals surface area contributed by atoms with Crippen LogP contribution in [0.1, 0.15) is 17.0 Å². The largest absolute Gasteiger partial charge is 0.497 e. The van der Waals surface area contributed by atoms with Crippen molar-refractivity contribution < 1.29 is 4.74 Å². The van der Waals surface area contributed by atoms with Gasteiger partial charge in [-0.3, -0.25) is 0 Å². The Kier molecular flexibility index (Phi) is 4.46. The van der Waals surface area contributed by atoms with Crippen LogP contribution in [0.4, 0.5) is 0 Å². The first-order valence-corrected chi connectivity index (χ1v) is 9.13. The maximum absolute atomic E-state index is 5.95. The zero-order valence-electron chi connectivity index (χ0n) is 13.5. The first-order valence-electron chi connectivity index (χ1n) is 7.77. The third-order valence-corrected chi connectivity index (χ3v) is 5.12. The molecule has 1 aliphatic heterocycles. The van der Waals surface area contributed by atoms with E-state index in [2.05, 4.69) is 10.2 Å². The first kappa shape index (κ1) is 16.2. The number of hydrogen-bond donors (Lipinski definition) is 0. The van der Waals surface area contributed by atoms with Gasteiger partial charge >= 0.3 is 0 Å². The monoisotopic (exact) mass is 370 g/mol. The molecule has 7 heteroatoms. The number of thioether (sulfide) groups is 1. The standard InChI is InChI=1S/C18H15ClN4OS/c1-24-15-8-4-13(5-9-15)16-11-25-18-21-20-17(23(18)22-16)10-12-2-6-14(19)7-3-12/h2-9H,10-11H2,1H3. The van der Waals surface area contributed by atoms with Crippen molar-refractivity contribution in [1.82, 2.24) is 14.9 Å². The summed E-state index contributed by atoms with van der Waals surface area (Å²) in [5, 5.41) is 14.9. The lowest BCUT2D eigenvalue weighted by atomic mass is 10.1. The lowest BCUT2D eigenvalue weighted by molar-refractivity contribution is 0.415. The predicted molar refractivity (Wildman–Crippen MR) is 99.9 cm³/mol. The Labute approximate surface area is 154 Å². The molecule has 0 atom stereocenters. The molecule has 2 aromatic carbocycles. The van der Waals surface area contributed by atoms with Gasteiger partial charge in [0.05, 0.1) is 12.8 Å². The van der Waals surface area contributed by atoms with Crippen LogP contribution in [-0.4, -0.2) is 33.4 Å². The minimum Gasteiger partial charge on any atom is -0.497 e. The molecule has 2 heterocycles. The Morgan fingerprint density at radius 2 is 1.84 bits per heavy atom. The van der Waals surface area contributed by atoms with E-state index in [9.17, 15) is 0 Å². The number of ether oxygens (including phenoxy) is 1. The van der Waals surface area contributed by atoms with Crippen molar-refractivity contribution in [2.45, 2.75) is 11.6 Å². The number of rotatable bonds is 4. The zero-order valence-corrected chi connectivity index (χ0v) is 15.1. The molecule has 0 N–H and O–H groups in total. The van der Waals surface area contributed by atoms with E-state index in [1.807, 2.05) is 53.2 Å². The van der Waals surface area contributed by atoms with Gasteiger partial charge in [-0.1, -0.05) is 35.5 Å². The van der Waals surface area contributed by atoms with E-state index in [1.165, 1.54) is 0 Å². The van der Waals surface area contributed by atoms with Gasteiger partial charge in [-0.05, 0) is 47.5 Å². The van der Waals surface area contributed by atoms with Crippen molar-refractivity contribution in [2.75, 3.05) is 12.9 Å². The molecule has 0 aliphatic carbocycles. The molecule has 0 saturated carbocycles.